The minimum Gasteiger partial charge on any atom is -0.493 e. The maximum Gasteiger partial charge on any atom is 0.223 e. The summed E-state index contributed by atoms with van der Waals surface area (Å²) in [5, 5.41) is 3.04. The molecule has 0 spiro atoms. The van der Waals surface area contributed by atoms with E-state index < -0.39 is 0 Å². The molecule has 1 aliphatic carbocycles. The van der Waals surface area contributed by atoms with Gasteiger partial charge in [-0.05, 0) is 25.0 Å². The Balaban J connectivity index is 1.72. The van der Waals surface area contributed by atoms with E-state index in [4.69, 9.17) is 9.47 Å². The number of rotatable bonds is 6. The second-order valence-corrected chi connectivity index (χ2v) is 4.80. The number of carbonyl (C=O) groups excluding carboxylic acids is 1. The predicted molar refractivity (Wildman–Crippen MR) is 73.5 cm³/mol. The van der Waals surface area contributed by atoms with Gasteiger partial charge in [0.2, 0.25) is 5.91 Å². The van der Waals surface area contributed by atoms with Crippen LogP contribution in [0.5, 0.6) is 11.5 Å². The SMILES string of the molecule is COc1ccccc1OCCC(=O)NC1CCCC1. The van der Waals surface area contributed by atoms with Gasteiger partial charge in [0.1, 0.15) is 0 Å². The fraction of sp³-hybridized carbons (Fsp3) is 0.533. The average molecular weight is 263 g/mol. The molecule has 1 saturated carbocycles. The van der Waals surface area contributed by atoms with Crippen molar-refractivity contribution in [3.8, 4) is 11.5 Å². The van der Waals surface area contributed by atoms with Crippen LogP contribution in [-0.4, -0.2) is 25.7 Å². The van der Waals surface area contributed by atoms with Crippen LogP contribution in [0.2, 0.25) is 0 Å². The summed E-state index contributed by atoms with van der Waals surface area (Å²) in [4.78, 5) is 11.7. The van der Waals surface area contributed by atoms with Gasteiger partial charge in [-0.25, -0.2) is 0 Å². The molecule has 0 heterocycles. The summed E-state index contributed by atoms with van der Waals surface area (Å²) in [6.07, 6.45) is 5.05. The molecule has 0 aliphatic heterocycles. The van der Waals surface area contributed by atoms with Crippen molar-refractivity contribution in [1.82, 2.24) is 5.32 Å². The maximum absolute atomic E-state index is 11.7. The minimum atomic E-state index is 0.0711. The molecule has 0 radical (unpaired) electrons. The van der Waals surface area contributed by atoms with Crippen LogP contribution in [0, 0.1) is 0 Å². The van der Waals surface area contributed by atoms with Gasteiger partial charge in [-0.3, -0.25) is 4.79 Å². The van der Waals surface area contributed by atoms with Gasteiger partial charge in [0.05, 0.1) is 20.1 Å². The Bertz CT molecular complexity index is 414. The molecule has 2 rings (SSSR count). The Morgan fingerprint density at radius 1 is 1.26 bits per heavy atom. The van der Waals surface area contributed by atoms with Gasteiger partial charge < -0.3 is 14.8 Å². The lowest BCUT2D eigenvalue weighted by Gasteiger charge is -2.13. The normalized spacial score (nSPS) is 15.2. The van der Waals surface area contributed by atoms with Gasteiger partial charge in [0, 0.05) is 6.04 Å². The zero-order valence-electron chi connectivity index (χ0n) is 11.4. The molecule has 4 nitrogen and oxygen atoms in total. The van der Waals surface area contributed by atoms with Gasteiger partial charge in [-0.1, -0.05) is 25.0 Å². The van der Waals surface area contributed by atoms with Crippen molar-refractivity contribution in [3.05, 3.63) is 24.3 Å². The standard InChI is InChI=1S/C15H21NO3/c1-18-13-8-4-5-9-14(13)19-11-10-15(17)16-12-6-2-3-7-12/h4-5,8-9,12H,2-3,6-7,10-11H2,1H3,(H,16,17). The fourth-order valence-corrected chi connectivity index (χ4v) is 2.36. The molecule has 1 aromatic carbocycles. The molecule has 1 amide bonds. The average Bonchev–Trinajstić information content (AvgIpc) is 2.92. The van der Waals surface area contributed by atoms with Crippen molar-refractivity contribution in [2.24, 2.45) is 0 Å². The molecular formula is C15H21NO3. The molecule has 1 N–H and O–H groups in total. The van der Waals surface area contributed by atoms with E-state index in [2.05, 4.69) is 5.32 Å². The first kappa shape index (κ1) is 13.7. The van der Waals surface area contributed by atoms with E-state index in [9.17, 15) is 4.79 Å². The van der Waals surface area contributed by atoms with Gasteiger partial charge in [0.15, 0.2) is 11.5 Å². The Labute approximate surface area is 114 Å². The molecule has 0 bridgehead atoms. The number of ether oxygens (including phenoxy) is 2. The molecule has 104 valence electrons. The molecule has 19 heavy (non-hydrogen) atoms. The molecular weight excluding hydrogens is 242 g/mol. The lowest BCUT2D eigenvalue weighted by molar-refractivity contribution is -0.122. The van der Waals surface area contributed by atoms with Crippen molar-refractivity contribution in [1.29, 1.82) is 0 Å². The molecule has 1 aromatic rings. The van der Waals surface area contributed by atoms with Crippen LogP contribution >= 0.6 is 0 Å². The van der Waals surface area contributed by atoms with Crippen LogP contribution in [0.4, 0.5) is 0 Å². The summed E-state index contributed by atoms with van der Waals surface area (Å²) in [7, 11) is 1.61. The summed E-state index contributed by atoms with van der Waals surface area (Å²) in [5.41, 5.74) is 0. The van der Waals surface area contributed by atoms with E-state index in [0.29, 0.717) is 30.6 Å². The smallest absolute Gasteiger partial charge is 0.223 e. The molecule has 4 heteroatoms. The van der Waals surface area contributed by atoms with Crippen LogP contribution in [0.3, 0.4) is 0 Å². The zero-order valence-corrected chi connectivity index (χ0v) is 11.4. The summed E-state index contributed by atoms with van der Waals surface area (Å²) in [6, 6.07) is 7.83. The number of hydrogen-bond donors (Lipinski definition) is 1. The Morgan fingerprint density at radius 2 is 1.95 bits per heavy atom. The van der Waals surface area contributed by atoms with Crippen LogP contribution in [0.25, 0.3) is 0 Å². The highest BCUT2D eigenvalue weighted by Crippen LogP contribution is 2.25. The first-order chi connectivity index (χ1) is 9.29. The second-order valence-electron chi connectivity index (χ2n) is 4.80. The minimum absolute atomic E-state index is 0.0711. The summed E-state index contributed by atoms with van der Waals surface area (Å²) >= 11 is 0. The zero-order chi connectivity index (χ0) is 13.5. The van der Waals surface area contributed by atoms with E-state index in [-0.39, 0.29) is 5.91 Å². The van der Waals surface area contributed by atoms with Crippen molar-refractivity contribution >= 4 is 5.91 Å². The third kappa shape index (κ3) is 4.16. The van der Waals surface area contributed by atoms with E-state index >= 15 is 0 Å². The van der Waals surface area contributed by atoms with Gasteiger partial charge in [0.25, 0.3) is 0 Å². The van der Waals surface area contributed by atoms with E-state index in [1.54, 1.807) is 7.11 Å². The number of para-hydroxylation sites is 2. The Hall–Kier alpha value is -1.71. The molecule has 1 fully saturated rings. The quantitative estimate of drug-likeness (QED) is 0.858. The number of methoxy groups -OCH3 is 1. The molecule has 0 aromatic heterocycles. The van der Waals surface area contributed by atoms with Gasteiger partial charge in [-0.2, -0.15) is 0 Å². The summed E-state index contributed by atoms with van der Waals surface area (Å²) in [6.45, 7) is 0.374. The first-order valence-corrected chi connectivity index (χ1v) is 6.85. The number of nitrogens with one attached hydrogen (secondary N) is 1. The molecule has 0 saturated heterocycles. The third-order valence-corrected chi connectivity index (χ3v) is 3.38. The summed E-state index contributed by atoms with van der Waals surface area (Å²) in [5.74, 6) is 1.44. The molecule has 1 aliphatic rings. The topological polar surface area (TPSA) is 47.6 Å². The molecule has 0 unspecified atom stereocenters. The summed E-state index contributed by atoms with van der Waals surface area (Å²) < 4.78 is 10.8. The van der Waals surface area contributed by atoms with Crippen LogP contribution in [-0.2, 0) is 4.79 Å². The molecule has 0 atom stereocenters. The highest BCUT2D eigenvalue weighted by atomic mass is 16.5. The number of benzene rings is 1. The van der Waals surface area contributed by atoms with E-state index in [1.807, 2.05) is 24.3 Å². The van der Waals surface area contributed by atoms with Crippen LogP contribution < -0.4 is 14.8 Å². The van der Waals surface area contributed by atoms with Crippen LogP contribution in [0.15, 0.2) is 24.3 Å². The number of hydrogen-bond acceptors (Lipinski definition) is 3. The number of carbonyl (C=O) groups is 1. The van der Waals surface area contributed by atoms with E-state index in [1.165, 1.54) is 12.8 Å². The first-order valence-electron chi connectivity index (χ1n) is 6.85. The highest BCUT2D eigenvalue weighted by molar-refractivity contribution is 5.76. The van der Waals surface area contributed by atoms with Crippen molar-refractivity contribution in [3.63, 3.8) is 0 Å². The van der Waals surface area contributed by atoms with Gasteiger partial charge in [-0.15, -0.1) is 0 Å². The predicted octanol–water partition coefficient (Wildman–Crippen LogP) is 2.52. The maximum atomic E-state index is 11.7. The fourth-order valence-electron chi connectivity index (χ4n) is 2.36. The van der Waals surface area contributed by atoms with E-state index in [0.717, 1.165) is 12.8 Å². The lowest BCUT2D eigenvalue weighted by Crippen LogP contribution is -2.33. The lowest BCUT2D eigenvalue weighted by atomic mass is 10.2. The van der Waals surface area contributed by atoms with Crippen molar-refractivity contribution < 1.29 is 14.3 Å². The van der Waals surface area contributed by atoms with Crippen molar-refractivity contribution in [2.45, 2.75) is 38.1 Å². The second kappa shape index (κ2) is 7.02. The largest absolute Gasteiger partial charge is 0.493 e. The Kier molecular flexibility index (Phi) is 5.07. The van der Waals surface area contributed by atoms with Crippen molar-refractivity contribution in [2.75, 3.05) is 13.7 Å². The number of amides is 1. The monoisotopic (exact) mass is 263 g/mol. The van der Waals surface area contributed by atoms with Gasteiger partial charge >= 0.3 is 0 Å². The third-order valence-electron chi connectivity index (χ3n) is 3.38. The Morgan fingerprint density at radius 3 is 2.63 bits per heavy atom. The highest BCUT2D eigenvalue weighted by Gasteiger charge is 2.16. The van der Waals surface area contributed by atoms with Crippen LogP contribution in [0.1, 0.15) is 32.1 Å².